The third-order valence-electron chi connectivity index (χ3n) is 5.96. The van der Waals surface area contributed by atoms with Crippen LogP contribution in [0.2, 0.25) is 0 Å². The first-order valence-electron chi connectivity index (χ1n) is 10.0. The van der Waals surface area contributed by atoms with Gasteiger partial charge in [0.05, 0.1) is 17.5 Å². The van der Waals surface area contributed by atoms with Crippen LogP contribution in [0.4, 0.5) is 13.2 Å². The van der Waals surface area contributed by atoms with Crippen molar-refractivity contribution in [1.82, 2.24) is 15.1 Å². The highest BCUT2D eigenvalue weighted by molar-refractivity contribution is 5.91. The van der Waals surface area contributed by atoms with Crippen molar-refractivity contribution in [2.45, 2.75) is 57.4 Å². The van der Waals surface area contributed by atoms with Crippen molar-refractivity contribution in [1.29, 1.82) is 0 Å². The van der Waals surface area contributed by atoms with Gasteiger partial charge in [0.25, 0.3) is 0 Å². The Kier molecular flexibility index (Phi) is 6.10. The number of nitrogens with one attached hydrogen (secondary N) is 1. The molecule has 2 saturated heterocycles. The second-order valence-corrected chi connectivity index (χ2v) is 8.19. The van der Waals surface area contributed by atoms with Crippen LogP contribution in [0.3, 0.4) is 0 Å². The van der Waals surface area contributed by atoms with E-state index < -0.39 is 29.7 Å². The van der Waals surface area contributed by atoms with E-state index >= 15 is 0 Å². The Bertz CT molecular complexity index is 823. The van der Waals surface area contributed by atoms with E-state index in [4.69, 9.17) is 0 Å². The van der Waals surface area contributed by atoms with E-state index in [0.717, 1.165) is 12.1 Å². The molecule has 1 N–H and O–H groups in total. The minimum atomic E-state index is -4.46. The second-order valence-electron chi connectivity index (χ2n) is 8.19. The molecule has 2 aliphatic rings. The molecule has 3 rings (SSSR count). The van der Waals surface area contributed by atoms with Gasteiger partial charge in [-0.25, -0.2) is 0 Å². The van der Waals surface area contributed by atoms with Crippen molar-refractivity contribution in [3.8, 4) is 0 Å². The first kappa shape index (κ1) is 22.1. The van der Waals surface area contributed by atoms with Gasteiger partial charge in [-0.05, 0) is 44.4 Å². The predicted molar refractivity (Wildman–Crippen MR) is 103 cm³/mol. The first-order valence-corrected chi connectivity index (χ1v) is 10.0. The number of hydrogen-bond acceptors (Lipinski definition) is 3. The molecule has 2 aliphatic heterocycles. The molecule has 3 atom stereocenters. The van der Waals surface area contributed by atoms with Gasteiger partial charge in [-0.2, -0.15) is 13.2 Å². The second kappa shape index (κ2) is 8.28. The Balaban J connectivity index is 1.81. The minimum absolute atomic E-state index is 0.0396. The van der Waals surface area contributed by atoms with E-state index in [1.807, 2.05) is 13.8 Å². The molecule has 0 aromatic heterocycles. The lowest BCUT2D eigenvalue weighted by Gasteiger charge is -2.39. The molecule has 0 spiro atoms. The Morgan fingerprint density at radius 2 is 1.77 bits per heavy atom. The first-order chi connectivity index (χ1) is 14.0. The van der Waals surface area contributed by atoms with Gasteiger partial charge in [0.15, 0.2) is 0 Å². The van der Waals surface area contributed by atoms with Gasteiger partial charge < -0.3 is 15.1 Å². The van der Waals surface area contributed by atoms with Crippen molar-refractivity contribution in [2.75, 3.05) is 13.6 Å². The minimum Gasteiger partial charge on any atom is -0.344 e. The summed E-state index contributed by atoms with van der Waals surface area (Å²) < 4.78 is 38.7. The molecule has 1 aromatic carbocycles. The molecule has 3 amide bonds. The predicted octanol–water partition coefficient (Wildman–Crippen LogP) is 2.74. The average molecular weight is 425 g/mol. The van der Waals surface area contributed by atoms with Crippen LogP contribution in [0.15, 0.2) is 24.3 Å². The molecule has 9 heteroatoms. The van der Waals surface area contributed by atoms with E-state index in [9.17, 15) is 27.6 Å². The number of nitrogens with zero attached hydrogens (tertiary/aromatic N) is 2. The van der Waals surface area contributed by atoms with Gasteiger partial charge in [-0.1, -0.05) is 12.1 Å². The number of carbonyl (C=O) groups excluding carboxylic acids is 3. The molecule has 3 unspecified atom stereocenters. The van der Waals surface area contributed by atoms with Gasteiger partial charge in [-0.3, -0.25) is 14.4 Å². The maximum Gasteiger partial charge on any atom is 0.416 e. The van der Waals surface area contributed by atoms with Crippen LogP contribution >= 0.6 is 0 Å². The lowest BCUT2D eigenvalue weighted by atomic mass is 9.83. The quantitative estimate of drug-likeness (QED) is 0.807. The lowest BCUT2D eigenvalue weighted by Crippen LogP contribution is -2.50. The molecule has 0 bridgehead atoms. The fourth-order valence-corrected chi connectivity index (χ4v) is 4.27. The van der Waals surface area contributed by atoms with Crippen molar-refractivity contribution in [2.24, 2.45) is 5.92 Å². The molecule has 6 nitrogen and oxygen atoms in total. The summed E-state index contributed by atoms with van der Waals surface area (Å²) in [7, 11) is 1.55. The molecule has 0 aliphatic carbocycles. The number of likely N-dealkylation sites (tertiary alicyclic amines) is 2. The Hall–Kier alpha value is -2.58. The molecule has 0 saturated carbocycles. The Labute approximate surface area is 173 Å². The van der Waals surface area contributed by atoms with E-state index in [1.54, 1.807) is 11.9 Å². The van der Waals surface area contributed by atoms with Gasteiger partial charge in [0.2, 0.25) is 17.7 Å². The number of hydrogen-bond donors (Lipinski definition) is 1. The van der Waals surface area contributed by atoms with Gasteiger partial charge in [-0.15, -0.1) is 0 Å². The maximum atomic E-state index is 13.0. The fourth-order valence-electron chi connectivity index (χ4n) is 4.27. The topological polar surface area (TPSA) is 69.7 Å². The van der Waals surface area contributed by atoms with Crippen molar-refractivity contribution >= 4 is 17.7 Å². The molecular formula is C21H26F3N3O3. The largest absolute Gasteiger partial charge is 0.416 e. The zero-order chi connectivity index (χ0) is 22.2. The lowest BCUT2D eigenvalue weighted by molar-refractivity contribution is -0.143. The van der Waals surface area contributed by atoms with Crippen LogP contribution in [0.25, 0.3) is 0 Å². The molecule has 2 fully saturated rings. The summed E-state index contributed by atoms with van der Waals surface area (Å²) in [5, 5.41) is 2.81. The third-order valence-corrected chi connectivity index (χ3v) is 5.96. The number of amides is 3. The zero-order valence-electron chi connectivity index (χ0n) is 17.2. The van der Waals surface area contributed by atoms with Crippen LogP contribution in [0, 0.1) is 5.92 Å². The average Bonchev–Trinajstić information content (AvgIpc) is 3.03. The van der Waals surface area contributed by atoms with Gasteiger partial charge in [0.1, 0.15) is 6.04 Å². The van der Waals surface area contributed by atoms with E-state index in [1.165, 1.54) is 17.0 Å². The molecule has 2 heterocycles. The molecule has 30 heavy (non-hydrogen) atoms. The summed E-state index contributed by atoms with van der Waals surface area (Å²) in [5.74, 6) is -1.31. The summed E-state index contributed by atoms with van der Waals surface area (Å²) in [6.07, 6.45) is -3.51. The summed E-state index contributed by atoms with van der Waals surface area (Å²) in [4.78, 5) is 40.9. The molecule has 0 radical (unpaired) electrons. The van der Waals surface area contributed by atoms with E-state index in [-0.39, 0.29) is 36.6 Å². The maximum absolute atomic E-state index is 13.0. The number of halogens is 3. The molecule has 1 aromatic rings. The Morgan fingerprint density at radius 3 is 2.30 bits per heavy atom. The highest BCUT2D eigenvalue weighted by atomic mass is 19.4. The standard InChI is InChI=1S/C21H26F3N3O3/c1-12(2)27-11-10-16(20(27)30)25-19(29)15-8-9-17(28)26(3)18(15)13-4-6-14(7-5-13)21(22,23)24/h4-7,12,15-16,18H,8-11H2,1-3H3,(H,25,29). The third kappa shape index (κ3) is 4.29. The number of piperidine rings is 1. The normalized spacial score (nSPS) is 25.2. The number of rotatable bonds is 4. The van der Waals surface area contributed by atoms with Crippen LogP contribution < -0.4 is 5.32 Å². The summed E-state index contributed by atoms with van der Waals surface area (Å²) in [5.41, 5.74) is -0.331. The van der Waals surface area contributed by atoms with Crippen molar-refractivity contribution in [3.05, 3.63) is 35.4 Å². The van der Waals surface area contributed by atoms with E-state index in [0.29, 0.717) is 18.5 Å². The highest BCUT2D eigenvalue weighted by Crippen LogP contribution is 2.37. The number of carbonyl (C=O) groups is 3. The SMILES string of the molecule is CC(C)N1CCC(NC(=O)C2CCC(=O)N(C)C2c2ccc(C(F)(F)F)cc2)C1=O. The van der Waals surface area contributed by atoms with Crippen molar-refractivity contribution < 1.29 is 27.6 Å². The highest BCUT2D eigenvalue weighted by Gasteiger charge is 2.42. The summed E-state index contributed by atoms with van der Waals surface area (Å²) >= 11 is 0. The van der Waals surface area contributed by atoms with Crippen LogP contribution in [-0.4, -0.2) is 53.2 Å². The van der Waals surface area contributed by atoms with Crippen LogP contribution in [0.5, 0.6) is 0 Å². The summed E-state index contributed by atoms with van der Waals surface area (Å²) in [6.45, 7) is 4.38. The van der Waals surface area contributed by atoms with Crippen molar-refractivity contribution in [3.63, 3.8) is 0 Å². The number of alkyl halides is 3. The zero-order valence-corrected chi connectivity index (χ0v) is 17.2. The van der Waals surface area contributed by atoms with Crippen LogP contribution in [-0.2, 0) is 20.6 Å². The summed E-state index contributed by atoms with van der Waals surface area (Å²) in [6, 6.07) is 3.27. The van der Waals surface area contributed by atoms with Crippen LogP contribution in [0.1, 0.15) is 50.3 Å². The Morgan fingerprint density at radius 1 is 1.13 bits per heavy atom. The molecular weight excluding hydrogens is 399 g/mol. The van der Waals surface area contributed by atoms with Gasteiger partial charge in [0, 0.05) is 26.1 Å². The van der Waals surface area contributed by atoms with Gasteiger partial charge >= 0.3 is 6.18 Å². The molecule has 164 valence electrons. The smallest absolute Gasteiger partial charge is 0.344 e. The van der Waals surface area contributed by atoms with E-state index in [2.05, 4.69) is 5.32 Å². The monoisotopic (exact) mass is 425 g/mol. The fraction of sp³-hybridized carbons (Fsp3) is 0.571. The number of benzene rings is 1.